The van der Waals surface area contributed by atoms with Gasteiger partial charge in [0.15, 0.2) is 0 Å². The fourth-order valence-corrected chi connectivity index (χ4v) is 4.61. The van der Waals surface area contributed by atoms with E-state index in [9.17, 15) is 18.8 Å². The van der Waals surface area contributed by atoms with Crippen molar-refractivity contribution in [1.29, 1.82) is 0 Å². The van der Waals surface area contributed by atoms with Gasteiger partial charge in [-0.15, -0.1) is 0 Å². The number of halogens is 1. The molecule has 28 heavy (non-hydrogen) atoms. The molecule has 4 amide bonds. The first-order valence-corrected chi connectivity index (χ1v) is 10.2. The molecule has 4 rings (SSSR count). The van der Waals surface area contributed by atoms with Gasteiger partial charge in [-0.2, -0.15) is 0 Å². The first-order chi connectivity index (χ1) is 13.5. The second-order valence-electron chi connectivity index (χ2n) is 7.99. The molecule has 2 saturated heterocycles. The van der Waals surface area contributed by atoms with Crippen LogP contribution in [0, 0.1) is 5.82 Å². The molecule has 2 heterocycles. The van der Waals surface area contributed by atoms with E-state index in [0.717, 1.165) is 37.7 Å². The number of imide groups is 1. The minimum atomic E-state index is -0.575. The Morgan fingerprint density at radius 1 is 1.00 bits per heavy atom. The lowest BCUT2D eigenvalue weighted by molar-refractivity contribution is -0.133. The van der Waals surface area contributed by atoms with E-state index < -0.39 is 6.04 Å². The third kappa shape index (κ3) is 3.62. The number of hydrogen-bond acceptors (Lipinski definition) is 3. The SMILES string of the molecule is O=C(Cc1ccc(F)cc1)N1CCCN2C(=O)N(C3CCCCC3)C(=O)C2C1. The second kappa shape index (κ2) is 7.89. The van der Waals surface area contributed by atoms with Crippen LogP contribution in [0.1, 0.15) is 44.1 Å². The lowest BCUT2D eigenvalue weighted by Gasteiger charge is -2.29. The van der Waals surface area contributed by atoms with Crippen LogP contribution in [-0.2, 0) is 16.0 Å². The zero-order valence-corrected chi connectivity index (χ0v) is 16.0. The van der Waals surface area contributed by atoms with E-state index in [1.165, 1.54) is 17.0 Å². The minimum Gasteiger partial charge on any atom is -0.340 e. The van der Waals surface area contributed by atoms with Crippen molar-refractivity contribution in [2.45, 2.75) is 57.0 Å². The number of nitrogens with zero attached hydrogens (tertiary/aromatic N) is 3. The number of benzene rings is 1. The van der Waals surface area contributed by atoms with Crippen molar-refractivity contribution in [3.05, 3.63) is 35.6 Å². The van der Waals surface area contributed by atoms with E-state index in [-0.39, 0.29) is 42.7 Å². The molecule has 1 saturated carbocycles. The van der Waals surface area contributed by atoms with Crippen LogP contribution in [0.15, 0.2) is 24.3 Å². The summed E-state index contributed by atoms with van der Waals surface area (Å²) in [6.45, 7) is 1.27. The fraction of sp³-hybridized carbons (Fsp3) is 0.571. The summed E-state index contributed by atoms with van der Waals surface area (Å²) in [5.74, 6) is -0.581. The van der Waals surface area contributed by atoms with Crippen molar-refractivity contribution in [2.24, 2.45) is 0 Å². The summed E-state index contributed by atoms with van der Waals surface area (Å²) in [4.78, 5) is 43.5. The predicted octanol–water partition coefficient (Wildman–Crippen LogP) is 2.57. The van der Waals surface area contributed by atoms with Crippen LogP contribution in [0.5, 0.6) is 0 Å². The van der Waals surface area contributed by atoms with Crippen molar-refractivity contribution >= 4 is 17.8 Å². The van der Waals surface area contributed by atoms with Crippen LogP contribution in [0.3, 0.4) is 0 Å². The van der Waals surface area contributed by atoms with E-state index in [0.29, 0.717) is 19.5 Å². The summed E-state index contributed by atoms with van der Waals surface area (Å²) in [5, 5.41) is 0. The average molecular weight is 387 g/mol. The molecule has 0 spiro atoms. The van der Waals surface area contributed by atoms with Crippen LogP contribution >= 0.6 is 0 Å². The molecule has 7 heteroatoms. The Balaban J connectivity index is 1.46. The third-order valence-electron chi connectivity index (χ3n) is 6.13. The molecule has 1 aromatic carbocycles. The maximum Gasteiger partial charge on any atom is 0.327 e. The monoisotopic (exact) mass is 387 g/mol. The highest BCUT2D eigenvalue weighted by molar-refractivity contribution is 6.05. The maximum absolute atomic E-state index is 13.1. The largest absolute Gasteiger partial charge is 0.340 e. The molecule has 1 aromatic rings. The summed E-state index contributed by atoms with van der Waals surface area (Å²) in [7, 11) is 0. The van der Waals surface area contributed by atoms with Crippen LogP contribution < -0.4 is 0 Å². The molecule has 1 atom stereocenters. The summed E-state index contributed by atoms with van der Waals surface area (Å²) < 4.78 is 13.1. The molecule has 0 aromatic heterocycles. The Kier molecular flexibility index (Phi) is 5.33. The van der Waals surface area contributed by atoms with Crippen LogP contribution in [0.25, 0.3) is 0 Å². The zero-order valence-electron chi connectivity index (χ0n) is 16.0. The standard InChI is InChI=1S/C21H26FN3O3/c22-16-9-7-15(8-10-16)13-19(26)23-11-4-12-24-18(14-23)20(27)25(21(24)28)17-5-2-1-3-6-17/h7-10,17-18H,1-6,11-14H2. The van der Waals surface area contributed by atoms with Gasteiger partial charge in [0.2, 0.25) is 5.91 Å². The van der Waals surface area contributed by atoms with Gasteiger partial charge in [0.25, 0.3) is 5.91 Å². The molecule has 3 fully saturated rings. The highest BCUT2D eigenvalue weighted by Gasteiger charge is 2.49. The molecular weight excluding hydrogens is 361 g/mol. The quantitative estimate of drug-likeness (QED) is 0.749. The molecule has 1 aliphatic carbocycles. The Bertz CT molecular complexity index is 761. The number of urea groups is 1. The van der Waals surface area contributed by atoms with Crippen LogP contribution in [0.2, 0.25) is 0 Å². The highest BCUT2D eigenvalue weighted by Crippen LogP contribution is 2.30. The molecule has 0 bridgehead atoms. The predicted molar refractivity (Wildman–Crippen MR) is 101 cm³/mol. The Morgan fingerprint density at radius 3 is 2.43 bits per heavy atom. The van der Waals surface area contributed by atoms with Gasteiger partial charge in [0.1, 0.15) is 11.9 Å². The molecule has 2 aliphatic heterocycles. The maximum atomic E-state index is 13.1. The number of amides is 4. The summed E-state index contributed by atoms with van der Waals surface area (Å²) in [6.07, 6.45) is 5.84. The van der Waals surface area contributed by atoms with Gasteiger partial charge in [0, 0.05) is 19.1 Å². The normalized spacial score (nSPS) is 23.8. The topological polar surface area (TPSA) is 60.9 Å². The Morgan fingerprint density at radius 2 is 1.71 bits per heavy atom. The van der Waals surface area contributed by atoms with Crippen molar-refractivity contribution < 1.29 is 18.8 Å². The summed E-state index contributed by atoms with van der Waals surface area (Å²) >= 11 is 0. The van der Waals surface area contributed by atoms with Gasteiger partial charge < -0.3 is 9.80 Å². The molecule has 0 radical (unpaired) electrons. The van der Waals surface area contributed by atoms with Crippen molar-refractivity contribution in [3.8, 4) is 0 Å². The van der Waals surface area contributed by atoms with Gasteiger partial charge in [-0.05, 0) is 37.0 Å². The van der Waals surface area contributed by atoms with E-state index in [1.807, 2.05) is 0 Å². The van der Waals surface area contributed by atoms with Gasteiger partial charge >= 0.3 is 6.03 Å². The smallest absolute Gasteiger partial charge is 0.327 e. The number of carbonyl (C=O) groups excluding carboxylic acids is 3. The van der Waals surface area contributed by atoms with Crippen molar-refractivity contribution in [2.75, 3.05) is 19.6 Å². The lowest BCUT2D eigenvalue weighted by Crippen LogP contribution is -2.45. The minimum absolute atomic E-state index is 0.00374. The number of hydrogen-bond donors (Lipinski definition) is 0. The van der Waals surface area contributed by atoms with Gasteiger partial charge in [-0.25, -0.2) is 9.18 Å². The van der Waals surface area contributed by atoms with E-state index in [4.69, 9.17) is 0 Å². The molecular formula is C21H26FN3O3. The average Bonchev–Trinajstić information content (AvgIpc) is 2.86. The van der Waals surface area contributed by atoms with E-state index >= 15 is 0 Å². The van der Waals surface area contributed by atoms with Crippen LogP contribution in [-0.4, -0.2) is 64.3 Å². The first kappa shape index (κ1) is 18.9. The van der Waals surface area contributed by atoms with Gasteiger partial charge in [-0.1, -0.05) is 31.4 Å². The fourth-order valence-electron chi connectivity index (χ4n) is 4.61. The molecule has 6 nitrogen and oxygen atoms in total. The number of rotatable bonds is 3. The first-order valence-electron chi connectivity index (χ1n) is 10.2. The molecule has 0 N–H and O–H groups in total. The number of carbonyl (C=O) groups is 3. The molecule has 1 unspecified atom stereocenters. The van der Waals surface area contributed by atoms with Crippen molar-refractivity contribution in [3.63, 3.8) is 0 Å². The summed E-state index contributed by atoms with van der Waals surface area (Å²) in [5.41, 5.74) is 0.741. The van der Waals surface area contributed by atoms with Crippen LogP contribution in [0.4, 0.5) is 9.18 Å². The third-order valence-corrected chi connectivity index (χ3v) is 6.13. The van der Waals surface area contributed by atoms with E-state index in [2.05, 4.69) is 0 Å². The van der Waals surface area contributed by atoms with Crippen molar-refractivity contribution in [1.82, 2.24) is 14.7 Å². The van der Waals surface area contributed by atoms with E-state index in [1.54, 1.807) is 21.9 Å². The Labute approximate surface area is 164 Å². The molecule has 3 aliphatic rings. The number of fused-ring (bicyclic) bond motifs is 1. The lowest BCUT2D eigenvalue weighted by atomic mass is 9.94. The van der Waals surface area contributed by atoms with Gasteiger partial charge in [0.05, 0.1) is 13.0 Å². The Hall–Kier alpha value is -2.44. The summed E-state index contributed by atoms with van der Waals surface area (Å²) in [6, 6.07) is 5.13. The highest BCUT2D eigenvalue weighted by atomic mass is 19.1. The zero-order chi connectivity index (χ0) is 19.7. The second-order valence-corrected chi connectivity index (χ2v) is 7.99. The molecule has 150 valence electrons. The van der Waals surface area contributed by atoms with Gasteiger partial charge in [-0.3, -0.25) is 14.5 Å².